The summed E-state index contributed by atoms with van der Waals surface area (Å²) in [6.45, 7) is 4.52. The number of piperidine rings is 1. The number of likely N-dealkylation sites (tertiary alicyclic amines) is 1. The number of amides is 3. The average molecular weight is 436 g/mol. The highest BCUT2D eigenvalue weighted by atomic mass is 16.2. The largest absolute Gasteiger partial charge is 0.340 e. The van der Waals surface area contributed by atoms with Crippen molar-refractivity contribution in [3.63, 3.8) is 0 Å². The minimum Gasteiger partial charge on any atom is -0.340 e. The molecule has 2 aliphatic rings. The number of carbonyl (C=O) groups is 3. The third-order valence-corrected chi connectivity index (χ3v) is 6.24. The van der Waals surface area contributed by atoms with E-state index in [0.717, 1.165) is 26.2 Å². The first-order valence-corrected chi connectivity index (χ1v) is 11.1. The Labute approximate surface area is 188 Å². The van der Waals surface area contributed by atoms with E-state index in [9.17, 15) is 14.4 Å². The fourth-order valence-electron chi connectivity index (χ4n) is 4.23. The molecule has 2 aromatic rings. The summed E-state index contributed by atoms with van der Waals surface area (Å²) >= 11 is 0. The standard InChI is InChI=1S/C24H29N5O3/c1-27-12-14-29(15-13-27)23(31)18-7-10-28(11-8-18)24(32)19-4-2-6-21(16-19)26-22(30)20-5-3-9-25-17-20/h2-6,9,16-18H,7-8,10-15H2,1H3,(H,26,30). The molecule has 168 valence electrons. The van der Waals surface area contributed by atoms with Crippen LogP contribution < -0.4 is 5.32 Å². The Morgan fingerprint density at radius 3 is 2.31 bits per heavy atom. The molecule has 3 heterocycles. The summed E-state index contributed by atoms with van der Waals surface area (Å²) in [6.07, 6.45) is 4.48. The van der Waals surface area contributed by atoms with Crippen LogP contribution in [0.1, 0.15) is 33.6 Å². The van der Waals surface area contributed by atoms with E-state index in [1.165, 1.54) is 6.20 Å². The summed E-state index contributed by atoms with van der Waals surface area (Å²) < 4.78 is 0. The van der Waals surface area contributed by atoms with Crippen LogP contribution in [0.3, 0.4) is 0 Å². The fraction of sp³-hybridized carbons (Fsp3) is 0.417. The van der Waals surface area contributed by atoms with Crippen molar-refractivity contribution in [3.8, 4) is 0 Å². The second-order valence-corrected chi connectivity index (χ2v) is 8.47. The van der Waals surface area contributed by atoms with E-state index in [1.807, 2.05) is 4.90 Å². The molecule has 0 unspecified atom stereocenters. The summed E-state index contributed by atoms with van der Waals surface area (Å²) in [4.78, 5) is 48.2. The van der Waals surface area contributed by atoms with Gasteiger partial charge in [-0.25, -0.2) is 0 Å². The van der Waals surface area contributed by atoms with Crippen LogP contribution in [0.5, 0.6) is 0 Å². The first kappa shape index (κ1) is 22.0. The van der Waals surface area contributed by atoms with Gasteiger partial charge in [-0.3, -0.25) is 19.4 Å². The zero-order chi connectivity index (χ0) is 22.5. The highest BCUT2D eigenvalue weighted by molar-refractivity contribution is 6.05. The zero-order valence-corrected chi connectivity index (χ0v) is 18.4. The van der Waals surface area contributed by atoms with Crippen LogP contribution in [0, 0.1) is 5.92 Å². The van der Waals surface area contributed by atoms with Crippen molar-refractivity contribution in [3.05, 3.63) is 59.9 Å². The lowest BCUT2D eigenvalue weighted by atomic mass is 9.94. The van der Waals surface area contributed by atoms with Gasteiger partial charge in [0, 0.05) is 68.8 Å². The average Bonchev–Trinajstić information content (AvgIpc) is 2.84. The molecule has 0 atom stereocenters. The van der Waals surface area contributed by atoms with E-state index in [2.05, 4.69) is 22.2 Å². The molecule has 8 nitrogen and oxygen atoms in total. The molecule has 2 saturated heterocycles. The molecule has 32 heavy (non-hydrogen) atoms. The number of carbonyl (C=O) groups excluding carboxylic acids is 3. The van der Waals surface area contributed by atoms with Gasteiger partial charge in [0.05, 0.1) is 5.56 Å². The lowest BCUT2D eigenvalue weighted by Crippen LogP contribution is -2.51. The molecule has 3 amide bonds. The number of hydrogen-bond acceptors (Lipinski definition) is 5. The number of pyridine rings is 1. The molecule has 0 spiro atoms. The summed E-state index contributed by atoms with van der Waals surface area (Å²) in [5, 5.41) is 2.81. The van der Waals surface area contributed by atoms with Gasteiger partial charge in [-0.05, 0) is 50.2 Å². The second-order valence-electron chi connectivity index (χ2n) is 8.47. The van der Waals surface area contributed by atoms with Gasteiger partial charge >= 0.3 is 0 Å². The van der Waals surface area contributed by atoms with Crippen LogP contribution in [0.15, 0.2) is 48.8 Å². The molecule has 1 aromatic carbocycles. The van der Waals surface area contributed by atoms with Crippen molar-refractivity contribution in [1.29, 1.82) is 0 Å². The Hall–Kier alpha value is -3.26. The molecular weight excluding hydrogens is 406 g/mol. The van der Waals surface area contributed by atoms with Gasteiger partial charge < -0.3 is 20.0 Å². The van der Waals surface area contributed by atoms with Gasteiger partial charge in [0.25, 0.3) is 11.8 Å². The number of benzene rings is 1. The number of aromatic nitrogens is 1. The van der Waals surface area contributed by atoms with Crippen LogP contribution in [0.2, 0.25) is 0 Å². The minimum atomic E-state index is -0.272. The smallest absolute Gasteiger partial charge is 0.257 e. The van der Waals surface area contributed by atoms with Gasteiger partial charge in [0.1, 0.15) is 0 Å². The quantitative estimate of drug-likeness (QED) is 0.794. The molecule has 8 heteroatoms. The van der Waals surface area contributed by atoms with Crippen molar-refractivity contribution in [2.75, 3.05) is 51.6 Å². The fourth-order valence-corrected chi connectivity index (χ4v) is 4.23. The Morgan fingerprint density at radius 1 is 0.906 bits per heavy atom. The maximum Gasteiger partial charge on any atom is 0.257 e. The lowest BCUT2D eigenvalue weighted by molar-refractivity contribution is -0.138. The number of piperazine rings is 1. The van der Waals surface area contributed by atoms with E-state index >= 15 is 0 Å². The topological polar surface area (TPSA) is 85.9 Å². The monoisotopic (exact) mass is 435 g/mol. The second kappa shape index (κ2) is 9.91. The highest BCUT2D eigenvalue weighted by Crippen LogP contribution is 2.23. The molecule has 1 aromatic heterocycles. The van der Waals surface area contributed by atoms with Crippen molar-refractivity contribution in [1.82, 2.24) is 19.7 Å². The third-order valence-electron chi connectivity index (χ3n) is 6.24. The van der Waals surface area contributed by atoms with Gasteiger partial charge in [0.2, 0.25) is 5.91 Å². The summed E-state index contributed by atoms with van der Waals surface area (Å²) in [5.41, 5.74) is 1.54. The molecule has 2 fully saturated rings. The first-order chi connectivity index (χ1) is 15.5. The van der Waals surface area contributed by atoms with Gasteiger partial charge in [-0.15, -0.1) is 0 Å². The zero-order valence-electron chi connectivity index (χ0n) is 18.4. The summed E-state index contributed by atoms with van der Waals surface area (Å²) in [6, 6.07) is 10.3. The van der Waals surface area contributed by atoms with Gasteiger partial charge in [-0.1, -0.05) is 6.07 Å². The Balaban J connectivity index is 1.33. The van der Waals surface area contributed by atoms with Gasteiger partial charge in [-0.2, -0.15) is 0 Å². The van der Waals surface area contributed by atoms with E-state index in [4.69, 9.17) is 0 Å². The first-order valence-electron chi connectivity index (χ1n) is 11.1. The van der Waals surface area contributed by atoms with E-state index in [-0.39, 0.29) is 23.6 Å². The van der Waals surface area contributed by atoms with Crippen LogP contribution in [0.25, 0.3) is 0 Å². The number of anilines is 1. The van der Waals surface area contributed by atoms with Crippen LogP contribution >= 0.6 is 0 Å². The number of nitrogens with one attached hydrogen (secondary N) is 1. The molecule has 0 bridgehead atoms. The Kier molecular flexibility index (Phi) is 6.80. The van der Waals surface area contributed by atoms with Crippen molar-refractivity contribution >= 4 is 23.4 Å². The molecule has 1 N–H and O–H groups in total. The number of hydrogen-bond donors (Lipinski definition) is 1. The number of nitrogens with zero attached hydrogens (tertiary/aromatic N) is 4. The Morgan fingerprint density at radius 2 is 1.62 bits per heavy atom. The van der Waals surface area contributed by atoms with Gasteiger partial charge in [0.15, 0.2) is 0 Å². The van der Waals surface area contributed by atoms with E-state index < -0.39 is 0 Å². The molecule has 0 aliphatic carbocycles. The lowest BCUT2D eigenvalue weighted by Gasteiger charge is -2.37. The molecule has 4 rings (SSSR count). The number of likely N-dealkylation sites (N-methyl/N-ethyl adjacent to an activating group) is 1. The Bertz CT molecular complexity index is 965. The van der Waals surface area contributed by atoms with Crippen molar-refractivity contribution in [2.45, 2.75) is 12.8 Å². The van der Waals surface area contributed by atoms with Crippen molar-refractivity contribution < 1.29 is 14.4 Å². The van der Waals surface area contributed by atoms with Crippen molar-refractivity contribution in [2.24, 2.45) is 5.92 Å². The third kappa shape index (κ3) is 5.13. The SMILES string of the molecule is CN1CCN(C(=O)C2CCN(C(=O)c3cccc(NC(=O)c4cccnc4)c3)CC2)CC1. The minimum absolute atomic E-state index is 0.00689. The van der Waals surface area contributed by atoms with Crippen LogP contribution in [0.4, 0.5) is 5.69 Å². The molecule has 0 saturated carbocycles. The predicted molar refractivity (Wildman–Crippen MR) is 121 cm³/mol. The molecular formula is C24H29N5O3. The van der Waals surface area contributed by atoms with Crippen LogP contribution in [-0.2, 0) is 4.79 Å². The highest BCUT2D eigenvalue weighted by Gasteiger charge is 2.31. The van der Waals surface area contributed by atoms with E-state index in [1.54, 1.807) is 47.5 Å². The molecule has 0 radical (unpaired) electrons. The summed E-state index contributed by atoms with van der Waals surface area (Å²) in [5.74, 6) is -0.128. The normalized spacial score (nSPS) is 17.8. The van der Waals surface area contributed by atoms with E-state index in [0.29, 0.717) is 42.7 Å². The molecule has 2 aliphatic heterocycles. The van der Waals surface area contributed by atoms with Crippen LogP contribution in [-0.4, -0.2) is 83.7 Å². The number of rotatable bonds is 4. The maximum atomic E-state index is 13.0. The predicted octanol–water partition coefficient (Wildman–Crippen LogP) is 1.96. The summed E-state index contributed by atoms with van der Waals surface area (Å²) in [7, 11) is 2.07. The maximum absolute atomic E-state index is 13.0.